The summed E-state index contributed by atoms with van der Waals surface area (Å²) in [6.45, 7) is 3.78. The Morgan fingerprint density at radius 3 is 2.75 bits per heavy atom. The number of hydrogen-bond donors (Lipinski definition) is 1. The molecular formula is C6H11BrO. The highest BCUT2D eigenvalue weighted by atomic mass is 79.9. The second kappa shape index (κ2) is 5.32. The summed E-state index contributed by atoms with van der Waals surface area (Å²) in [5.41, 5.74) is 0. The van der Waals surface area contributed by atoms with E-state index in [0.29, 0.717) is 0 Å². The molecule has 0 aliphatic heterocycles. The predicted molar refractivity (Wildman–Crippen MR) is 39.2 cm³/mol. The lowest BCUT2D eigenvalue weighted by atomic mass is 10.2. The molecule has 1 unspecified atom stereocenters. The number of rotatable bonds is 4. The lowest BCUT2D eigenvalue weighted by Crippen LogP contribution is -2.01. The van der Waals surface area contributed by atoms with Gasteiger partial charge in [0.2, 0.25) is 0 Å². The van der Waals surface area contributed by atoms with Crippen molar-refractivity contribution in [1.29, 1.82) is 0 Å². The molecule has 0 aliphatic carbocycles. The first-order valence-electron chi connectivity index (χ1n) is 2.67. The zero-order valence-corrected chi connectivity index (χ0v) is 6.39. The van der Waals surface area contributed by atoms with Crippen molar-refractivity contribution < 1.29 is 5.11 Å². The first-order chi connectivity index (χ1) is 3.81. The Morgan fingerprint density at radius 2 is 2.38 bits per heavy atom. The predicted octanol–water partition coefficient (Wildman–Crippen LogP) is 1.71. The van der Waals surface area contributed by atoms with Gasteiger partial charge < -0.3 is 5.11 Å². The van der Waals surface area contributed by atoms with Crippen molar-refractivity contribution in [2.24, 2.45) is 0 Å². The SMILES string of the molecule is C=CCCC(Br)CO. The van der Waals surface area contributed by atoms with E-state index in [-0.39, 0.29) is 11.4 Å². The van der Waals surface area contributed by atoms with Crippen molar-refractivity contribution in [1.82, 2.24) is 0 Å². The topological polar surface area (TPSA) is 20.2 Å². The molecule has 8 heavy (non-hydrogen) atoms. The second-order valence-corrected chi connectivity index (χ2v) is 2.94. The summed E-state index contributed by atoms with van der Waals surface area (Å²) in [7, 11) is 0. The van der Waals surface area contributed by atoms with Gasteiger partial charge in [0.15, 0.2) is 0 Å². The molecule has 1 nitrogen and oxygen atoms in total. The highest BCUT2D eigenvalue weighted by Crippen LogP contribution is 2.06. The van der Waals surface area contributed by atoms with E-state index in [1.54, 1.807) is 0 Å². The van der Waals surface area contributed by atoms with Gasteiger partial charge in [-0.15, -0.1) is 6.58 Å². The van der Waals surface area contributed by atoms with E-state index in [2.05, 4.69) is 22.5 Å². The smallest absolute Gasteiger partial charge is 0.0556 e. The van der Waals surface area contributed by atoms with Gasteiger partial charge in [-0.25, -0.2) is 0 Å². The molecule has 0 radical (unpaired) electrons. The Hall–Kier alpha value is 0.180. The number of alkyl halides is 1. The van der Waals surface area contributed by atoms with Gasteiger partial charge >= 0.3 is 0 Å². The van der Waals surface area contributed by atoms with Crippen LogP contribution in [0.15, 0.2) is 12.7 Å². The van der Waals surface area contributed by atoms with Crippen LogP contribution in [0.4, 0.5) is 0 Å². The van der Waals surface area contributed by atoms with E-state index >= 15 is 0 Å². The Kier molecular flexibility index (Phi) is 5.44. The molecular weight excluding hydrogens is 168 g/mol. The summed E-state index contributed by atoms with van der Waals surface area (Å²) < 4.78 is 0. The summed E-state index contributed by atoms with van der Waals surface area (Å²) in [6.07, 6.45) is 3.79. The van der Waals surface area contributed by atoms with E-state index in [0.717, 1.165) is 12.8 Å². The Morgan fingerprint density at radius 1 is 1.75 bits per heavy atom. The molecule has 0 fully saturated rings. The van der Waals surface area contributed by atoms with Crippen molar-refractivity contribution in [3.05, 3.63) is 12.7 Å². The minimum Gasteiger partial charge on any atom is -0.395 e. The van der Waals surface area contributed by atoms with Crippen LogP contribution in [0.5, 0.6) is 0 Å². The summed E-state index contributed by atoms with van der Waals surface area (Å²) in [6, 6.07) is 0. The lowest BCUT2D eigenvalue weighted by Gasteiger charge is -2.00. The van der Waals surface area contributed by atoms with Gasteiger partial charge in [-0.2, -0.15) is 0 Å². The number of aliphatic hydroxyl groups excluding tert-OH is 1. The van der Waals surface area contributed by atoms with Crippen LogP contribution in [0.1, 0.15) is 12.8 Å². The number of halogens is 1. The minimum atomic E-state index is 0.216. The normalized spacial score (nSPS) is 13.2. The van der Waals surface area contributed by atoms with Crippen LogP contribution < -0.4 is 0 Å². The average molecular weight is 179 g/mol. The Balaban J connectivity index is 2.97. The van der Waals surface area contributed by atoms with Crippen LogP contribution in [-0.4, -0.2) is 16.5 Å². The molecule has 0 spiro atoms. The molecule has 0 bridgehead atoms. The summed E-state index contributed by atoms with van der Waals surface area (Å²) in [5.74, 6) is 0. The molecule has 2 heteroatoms. The van der Waals surface area contributed by atoms with Crippen LogP contribution in [0.3, 0.4) is 0 Å². The molecule has 0 aromatic heterocycles. The summed E-state index contributed by atoms with van der Waals surface area (Å²) in [5, 5.41) is 8.48. The molecule has 1 N–H and O–H groups in total. The lowest BCUT2D eigenvalue weighted by molar-refractivity contribution is 0.293. The maximum absolute atomic E-state index is 8.48. The maximum Gasteiger partial charge on any atom is 0.0556 e. The van der Waals surface area contributed by atoms with E-state index in [1.165, 1.54) is 0 Å². The quantitative estimate of drug-likeness (QED) is 0.514. The summed E-state index contributed by atoms with van der Waals surface area (Å²) in [4.78, 5) is 0.250. The van der Waals surface area contributed by atoms with Crippen molar-refractivity contribution in [2.75, 3.05) is 6.61 Å². The van der Waals surface area contributed by atoms with E-state index in [9.17, 15) is 0 Å². The monoisotopic (exact) mass is 178 g/mol. The van der Waals surface area contributed by atoms with Crippen molar-refractivity contribution >= 4 is 15.9 Å². The molecule has 0 amide bonds. The van der Waals surface area contributed by atoms with Crippen LogP contribution in [-0.2, 0) is 0 Å². The van der Waals surface area contributed by atoms with Gasteiger partial charge in [-0.05, 0) is 12.8 Å². The second-order valence-electron chi connectivity index (χ2n) is 1.65. The fraction of sp³-hybridized carbons (Fsp3) is 0.667. The highest BCUT2D eigenvalue weighted by Gasteiger charge is 1.97. The first-order valence-corrected chi connectivity index (χ1v) is 3.58. The van der Waals surface area contributed by atoms with Crippen molar-refractivity contribution in [3.63, 3.8) is 0 Å². The molecule has 0 aromatic carbocycles. The fourth-order valence-corrected chi connectivity index (χ4v) is 0.654. The molecule has 0 saturated heterocycles. The third-order valence-electron chi connectivity index (χ3n) is 0.882. The standard InChI is InChI=1S/C6H11BrO/c1-2-3-4-6(7)5-8/h2,6,8H,1,3-5H2. The van der Waals surface area contributed by atoms with Gasteiger partial charge in [0.1, 0.15) is 0 Å². The third kappa shape index (κ3) is 4.34. The molecule has 0 saturated carbocycles. The van der Waals surface area contributed by atoms with Crippen LogP contribution in [0.2, 0.25) is 0 Å². The zero-order chi connectivity index (χ0) is 6.41. The molecule has 0 aliphatic rings. The van der Waals surface area contributed by atoms with E-state index in [1.807, 2.05) is 6.08 Å². The highest BCUT2D eigenvalue weighted by molar-refractivity contribution is 9.09. The first kappa shape index (κ1) is 8.18. The molecule has 0 rings (SSSR count). The zero-order valence-electron chi connectivity index (χ0n) is 4.81. The molecule has 0 heterocycles. The third-order valence-corrected chi connectivity index (χ3v) is 1.63. The number of aliphatic hydroxyl groups is 1. The summed E-state index contributed by atoms with van der Waals surface area (Å²) >= 11 is 3.28. The average Bonchev–Trinajstić information content (AvgIpc) is 1.83. The Bertz CT molecular complexity index is 63.5. The maximum atomic E-state index is 8.48. The van der Waals surface area contributed by atoms with E-state index in [4.69, 9.17) is 5.11 Å². The van der Waals surface area contributed by atoms with Gasteiger partial charge in [0.05, 0.1) is 6.61 Å². The van der Waals surface area contributed by atoms with Gasteiger partial charge in [-0.3, -0.25) is 0 Å². The molecule has 1 atom stereocenters. The van der Waals surface area contributed by atoms with Gasteiger partial charge in [0, 0.05) is 4.83 Å². The van der Waals surface area contributed by atoms with Crippen LogP contribution in [0.25, 0.3) is 0 Å². The Labute approximate surface area is 58.5 Å². The van der Waals surface area contributed by atoms with Crippen molar-refractivity contribution in [2.45, 2.75) is 17.7 Å². The molecule has 48 valence electrons. The van der Waals surface area contributed by atoms with Gasteiger partial charge in [0.25, 0.3) is 0 Å². The van der Waals surface area contributed by atoms with Gasteiger partial charge in [-0.1, -0.05) is 22.0 Å². The van der Waals surface area contributed by atoms with Crippen LogP contribution in [0, 0.1) is 0 Å². The van der Waals surface area contributed by atoms with Crippen LogP contribution >= 0.6 is 15.9 Å². The number of hydrogen-bond acceptors (Lipinski definition) is 1. The minimum absolute atomic E-state index is 0.216. The molecule has 0 aromatic rings. The largest absolute Gasteiger partial charge is 0.395 e. The number of allylic oxidation sites excluding steroid dienone is 1. The van der Waals surface area contributed by atoms with Crippen molar-refractivity contribution in [3.8, 4) is 0 Å². The fourth-order valence-electron chi connectivity index (χ4n) is 0.390. The van der Waals surface area contributed by atoms with E-state index < -0.39 is 0 Å².